The highest BCUT2D eigenvalue weighted by Crippen LogP contribution is 2.35. The summed E-state index contributed by atoms with van der Waals surface area (Å²) < 4.78 is 5.85. The molecule has 0 bridgehead atoms. The lowest BCUT2D eigenvalue weighted by Crippen LogP contribution is -2.43. The van der Waals surface area contributed by atoms with E-state index >= 15 is 0 Å². The Hall–Kier alpha value is -0.770. The molecule has 1 aromatic carbocycles. The molecule has 0 saturated carbocycles. The fourth-order valence-corrected chi connectivity index (χ4v) is 4.49. The molecule has 114 valence electrons. The van der Waals surface area contributed by atoms with Crippen molar-refractivity contribution in [3.05, 3.63) is 28.3 Å². The number of halogens is 1. The molecule has 0 aromatic heterocycles. The van der Waals surface area contributed by atoms with E-state index in [1.165, 1.54) is 49.9 Å². The van der Waals surface area contributed by atoms with Gasteiger partial charge in [0.25, 0.3) is 0 Å². The van der Waals surface area contributed by atoms with Crippen LogP contribution >= 0.6 is 11.6 Å². The Labute approximate surface area is 131 Å². The Morgan fingerprint density at radius 1 is 1.29 bits per heavy atom. The zero-order valence-corrected chi connectivity index (χ0v) is 13.2. The maximum absolute atomic E-state index is 6.29. The van der Waals surface area contributed by atoms with E-state index in [9.17, 15) is 0 Å². The minimum absolute atomic E-state index is 0.681. The minimum atomic E-state index is 0.681. The van der Waals surface area contributed by atoms with Gasteiger partial charge in [0.1, 0.15) is 5.75 Å². The molecule has 0 spiro atoms. The second-order valence-electron chi connectivity index (χ2n) is 6.53. The fourth-order valence-electron chi connectivity index (χ4n) is 4.23. The van der Waals surface area contributed by atoms with Crippen LogP contribution in [-0.4, -0.2) is 36.7 Å². The molecule has 2 saturated heterocycles. The summed E-state index contributed by atoms with van der Waals surface area (Å²) in [6.45, 7) is 4.16. The molecule has 2 unspecified atom stereocenters. The van der Waals surface area contributed by atoms with Crippen molar-refractivity contribution >= 4 is 11.6 Å². The van der Waals surface area contributed by atoms with Gasteiger partial charge >= 0.3 is 0 Å². The molecule has 2 fully saturated rings. The van der Waals surface area contributed by atoms with Crippen LogP contribution in [0.1, 0.15) is 36.8 Å². The summed E-state index contributed by atoms with van der Waals surface area (Å²) in [6, 6.07) is 5.53. The largest absolute Gasteiger partial charge is 0.493 e. The van der Waals surface area contributed by atoms with Crippen molar-refractivity contribution in [1.82, 2.24) is 10.2 Å². The second kappa shape index (κ2) is 5.79. The quantitative estimate of drug-likeness (QED) is 0.929. The lowest BCUT2D eigenvalue weighted by molar-refractivity contribution is 0.204. The fraction of sp³-hybridized carbons (Fsp3) is 0.647. The van der Waals surface area contributed by atoms with Crippen LogP contribution in [0.5, 0.6) is 5.75 Å². The maximum Gasteiger partial charge on any atom is 0.127 e. The van der Waals surface area contributed by atoms with E-state index in [-0.39, 0.29) is 0 Å². The summed E-state index contributed by atoms with van der Waals surface area (Å²) in [5.41, 5.74) is 2.56. The van der Waals surface area contributed by atoms with Gasteiger partial charge in [0.15, 0.2) is 0 Å². The molecular weight excluding hydrogens is 284 g/mol. The van der Waals surface area contributed by atoms with Crippen molar-refractivity contribution < 1.29 is 4.74 Å². The minimum Gasteiger partial charge on any atom is -0.493 e. The van der Waals surface area contributed by atoms with E-state index in [1.807, 2.05) is 0 Å². The number of ether oxygens (including phenoxy) is 1. The standard InChI is InChI=1S/C17H23ClN2O/c18-14-9-12-5-8-21-17(12)13(10-14)11-20-7-2-4-16(20)15-3-1-6-19-15/h9-10,15-16,19H,1-8,11H2. The normalized spacial score (nSPS) is 28.8. The van der Waals surface area contributed by atoms with Crippen LogP contribution in [0.3, 0.4) is 0 Å². The summed E-state index contributed by atoms with van der Waals surface area (Å²) in [4.78, 5) is 2.64. The highest BCUT2D eigenvalue weighted by Gasteiger charge is 2.33. The predicted octanol–water partition coefficient (Wildman–Crippen LogP) is 2.99. The van der Waals surface area contributed by atoms with Crippen molar-refractivity contribution in [3.8, 4) is 5.75 Å². The SMILES string of the molecule is Clc1cc2c(c(CN3CCCC3C3CCCN3)c1)OCC2. The van der Waals surface area contributed by atoms with Gasteiger partial charge in [-0.2, -0.15) is 0 Å². The number of rotatable bonds is 3. The van der Waals surface area contributed by atoms with Crippen LogP contribution in [0.2, 0.25) is 5.02 Å². The molecule has 4 rings (SSSR count). The molecule has 0 radical (unpaired) electrons. The molecule has 1 N–H and O–H groups in total. The van der Waals surface area contributed by atoms with E-state index in [0.717, 1.165) is 30.3 Å². The van der Waals surface area contributed by atoms with Gasteiger partial charge in [0.2, 0.25) is 0 Å². The second-order valence-corrected chi connectivity index (χ2v) is 6.97. The highest BCUT2D eigenvalue weighted by molar-refractivity contribution is 6.30. The molecule has 1 aromatic rings. The first kappa shape index (κ1) is 13.9. The van der Waals surface area contributed by atoms with Gasteiger partial charge in [0.05, 0.1) is 6.61 Å². The summed E-state index contributed by atoms with van der Waals surface area (Å²) in [7, 11) is 0. The van der Waals surface area contributed by atoms with Gasteiger partial charge in [0, 0.05) is 35.6 Å². The van der Waals surface area contributed by atoms with Crippen molar-refractivity contribution in [2.45, 2.75) is 50.7 Å². The van der Waals surface area contributed by atoms with E-state index < -0.39 is 0 Å². The third-order valence-electron chi connectivity index (χ3n) is 5.18. The highest BCUT2D eigenvalue weighted by atomic mass is 35.5. The summed E-state index contributed by atoms with van der Waals surface area (Å²) >= 11 is 6.29. The monoisotopic (exact) mass is 306 g/mol. The Kier molecular flexibility index (Phi) is 3.82. The number of benzene rings is 1. The van der Waals surface area contributed by atoms with Crippen molar-refractivity contribution in [1.29, 1.82) is 0 Å². The molecule has 3 aliphatic rings. The van der Waals surface area contributed by atoms with Crippen LogP contribution in [0.25, 0.3) is 0 Å². The van der Waals surface area contributed by atoms with Gasteiger partial charge in [-0.3, -0.25) is 4.90 Å². The van der Waals surface area contributed by atoms with E-state index in [0.29, 0.717) is 12.1 Å². The maximum atomic E-state index is 6.29. The first-order valence-corrected chi connectivity index (χ1v) is 8.60. The number of nitrogens with one attached hydrogen (secondary N) is 1. The average Bonchev–Trinajstić information content (AvgIpc) is 3.18. The van der Waals surface area contributed by atoms with Gasteiger partial charge in [-0.25, -0.2) is 0 Å². The van der Waals surface area contributed by atoms with Crippen LogP contribution in [0, 0.1) is 0 Å². The number of hydrogen-bond donors (Lipinski definition) is 1. The molecule has 3 nitrogen and oxygen atoms in total. The molecule has 3 aliphatic heterocycles. The first-order chi connectivity index (χ1) is 10.3. The van der Waals surface area contributed by atoms with Crippen molar-refractivity contribution in [2.75, 3.05) is 19.7 Å². The summed E-state index contributed by atoms with van der Waals surface area (Å²) in [6.07, 6.45) is 6.28. The number of nitrogens with zero attached hydrogens (tertiary/aromatic N) is 1. The van der Waals surface area contributed by atoms with Crippen LogP contribution in [0.15, 0.2) is 12.1 Å². The zero-order valence-electron chi connectivity index (χ0n) is 12.4. The third kappa shape index (κ3) is 2.67. The lowest BCUT2D eigenvalue weighted by atomic mass is 10.0. The van der Waals surface area contributed by atoms with E-state index in [4.69, 9.17) is 16.3 Å². The van der Waals surface area contributed by atoms with Gasteiger partial charge in [-0.1, -0.05) is 11.6 Å². The van der Waals surface area contributed by atoms with Gasteiger partial charge in [-0.05, 0) is 56.5 Å². The summed E-state index contributed by atoms with van der Waals surface area (Å²) in [5, 5.41) is 4.53. The van der Waals surface area contributed by atoms with E-state index in [2.05, 4.69) is 22.3 Å². The summed E-state index contributed by atoms with van der Waals surface area (Å²) in [5.74, 6) is 1.10. The number of fused-ring (bicyclic) bond motifs is 1. The molecule has 21 heavy (non-hydrogen) atoms. The lowest BCUT2D eigenvalue weighted by Gasteiger charge is -2.30. The van der Waals surface area contributed by atoms with Gasteiger partial charge in [-0.15, -0.1) is 0 Å². The molecule has 0 aliphatic carbocycles. The Bertz CT molecular complexity index is 528. The molecular formula is C17H23ClN2O. The zero-order chi connectivity index (χ0) is 14.2. The first-order valence-electron chi connectivity index (χ1n) is 8.23. The van der Waals surface area contributed by atoms with Crippen molar-refractivity contribution in [3.63, 3.8) is 0 Å². The van der Waals surface area contributed by atoms with Crippen molar-refractivity contribution in [2.24, 2.45) is 0 Å². The molecule has 3 heterocycles. The van der Waals surface area contributed by atoms with Crippen LogP contribution in [0.4, 0.5) is 0 Å². The average molecular weight is 307 g/mol. The predicted molar refractivity (Wildman–Crippen MR) is 85.1 cm³/mol. The number of likely N-dealkylation sites (tertiary alicyclic amines) is 1. The molecule has 4 heteroatoms. The van der Waals surface area contributed by atoms with E-state index in [1.54, 1.807) is 0 Å². The Balaban J connectivity index is 1.55. The Morgan fingerprint density at radius 3 is 3.10 bits per heavy atom. The Morgan fingerprint density at radius 2 is 2.24 bits per heavy atom. The van der Waals surface area contributed by atoms with Gasteiger partial charge < -0.3 is 10.1 Å². The van der Waals surface area contributed by atoms with Crippen LogP contribution in [-0.2, 0) is 13.0 Å². The third-order valence-corrected chi connectivity index (χ3v) is 5.39. The molecule has 0 amide bonds. The topological polar surface area (TPSA) is 24.5 Å². The molecule has 2 atom stereocenters. The van der Waals surface area contributed by atoms with Crippen LogP contribution < -0.4 is 10.1 Å². The number of hydrogen-bond acceptors (Lipinski definition) is 3. The smallest absolute Gasteiger partial charge is 0.127 e.